The first-order valence-electron chi connectivity index (χ1n) is 11.8. The molecule has 0 aliphatic heterocycles. The smallest absolute Gasteiger partial charge is 0.305 e. The summed E-state index contributed by atoms with van der Waals surface area (Å²) >= 11 is 0. The average molecular weight is 403 g/mol. The van der Waals surface area contributed by atoms with E-state index in [9.17, 15) is 14.4 Å². The Morgan fingerprint density at radius 3 is 2.48 bits per heavy atom. The summed E-state index contributed by atoms with van der Waals surface area (Å²) in [7, 11) is 1.47. The van der Waals surface area contributed by atoms with Crippen molar-refractivity contribution in [3.63, 3.8) is 0 Å². The van der Waals surface area contributed by atoms with E-state index in [1.54, 1.807) is 6.92 Å². The van der Waals surface area contributed by atoms with Crippen LogP contribution in [0.25, 0.3) is 0 Å². The lowest BCUT2D eigenvalue weighted by atomic mass is 9.39. The lowest BCUT2D eigenvalue weighted by Crippen LogP contribution is -2.59. The van der Waals surface area contributed by atoms with E-state index < -0.39 is 0 Å². The molecule has 0 aromatic rings. The zero-order valence-corrected chi connectivity index (χ0v) is 18.7. The molecule has 4 aliphatic carbocycles. The molecule has 29 heavy (non-hydrogen) atoms. The molecule has 0 heterocycles. The second kappa shape index (κ2) is 7.20. The quantitative estimate of drug-likeness (QED) is 0.612. The van der Waals surface area contributed by atoms with Gasteiger partial charge in [0.2, 0.25) is 0 Å². The summed E-state index contributed by atoms with van der Waals surface area (Å²) in [5.41, 5.74) is 0.280. The fourth-order valence-corrected chi connectivity index (χ4v) is 8.89. The maximum atomic E-state index is 12.6. The predicted octanol–water partition coefficient (Wildman–Crippen LogP) is 5.13. The third kappa shape index (κ3) is 2.95. The Labute approximate surface area is 175 Å². The first-order valence-corrected chi connectivity index (χ1v) is 11.8. The van der Waals surface area contributed by atoms with E-state index in [-0.39, 0.29) is 28.1 Å². The molecule has 0 bridgehead atoms. The van der Waals surface area contributed by atoms with E-state index in [1.165, 1.54) is 13.5 Å². The molecule has 4 fully saturated rings. The van der Waals surface area contributed by atoms with Crippen LogP contribution in [0.1, 0.15) is 91.4 Å². The monoisotopic (exact) mass is 402 g/mol. The van der Waals surface area contributed by atoms with Crippen molar-refractivity contribution >= 4 is 17.5 Å². The Morgan fingerprint density at radius 2 is 1.79 bits per heavy atom. The van der Waals surface area contributed by atoms with E-state index in [1.807, 2.05) is 0 Å². The number of methoxy groups -OCH3 is 1. The molecule has 0 aromatic carbocycles. The SMILES string of the molecule is COC(=O)CC[C@@]12CC[C@H](C(C)=O)[C@@]1(C)CC[C@H]1[C@H]2CC[C@@H]2CC(=O)CC[C@@]21C. The van der Waals surface area contributed by atoms with Crippen LogP contribution < -0.4 is 0 Å². The summed E-state index contributed by atoms with van der Waals surface area (Å²) in [6.07, 6.45) is 10.4. The standard InChI is InChI=1S/C25H38O4/c1-16(26)19-9-13-25(14-10-22(28)29-4)21-6-5-17-15-18(27)7-11-23(17,2)20(21)8-12-24(19,25)3/h17,19-21H,5-15H2,1-4H3/t17-,19-,20+,21-,23+,24-,25-/m1/s1. The molecule has 7 atom stereocenters. The van der Waals surface area contributed by atoms with Gasteiger partial charge < -0.3 is 4.74 Å². The first-order chi connectivity index (χ1) is 13.7. The van der Waals surface area contributed by atoms with Crippen LogP contribution >= 0.6 is 0 Å². The van der Waals surface area contributed by atoms with Crippen molar-refractivity contribution in [1.82, 2.24) is 0 Å². The van der Waals surface area contributed by atoms with Crippen molar-refractivity contribution in [3.8, 4) is 0 Å². The summed E-state index contributed by atoms with van der Waals surface area (Å²) in [6, 6.07) is 0. The number of ether oxygens (including phenoxy) is 1. The fourth-order valence-electron chi connectivity index (χ4n) is 8.89. The topological polar surface area (TPSA) is 60.4 Å². The Kier molecular flexibility index (Phi) is 5.23. The van der Waals surface area contributed by atoms with Gasteiger partial charge in [0.05, 0.1) is 7.11 Å². The molecule has 0 spiro atoms. The third-order valence-corrected chi connectivity index (χ3v) is 10.5. The predicted molar refractivity (Wildman–Crippen MR) is 111 cm³/mol. The third-order valence-electron chi connectivity index (χ3n) is 10.5. The second-order valence-corrected chi connectivity index (χ2v) is 11.1. The minimum Gasteiger partial charge on any atom is -0.469 e. The van der Waals surface area contributed by atoms with Crippen LogP contribution in [0.3, 0.4) is 0 Å². The van der Waals surface area contributed by atoms with Crippen molar-refractivity contribution in [2.24, 2.45) is 39.9 Å². The van der Waals surface area contributed by atoms with E-state index in [4.69, 9.17) is 4.74 Å². The second-order valence-electron chi connectivity index (χ2n) is 11.1. The van der Waals surface area contributed by atoms with E-state index in [0.717, 1.165) is 57.8 Å². The van der Waals surface area contributed by atoms with Gasteiger partial charge in [-0.15, -0.1) is 0 Å². The van der Waals surface area contributed by atoms with Crippen LogP contribution in [-0.2, 0) is 19.1 Å². The van der Waals surface area contributed by atoms with Gasteiger partial charge >= 0.3 is 5.97 Å². The van der Waals surface area contributed by atoms with Gasteiger partial charge in [-0.05, 0) is 92.3 Å². The summed E-state index contributed by atoms with van der Waals surface area (Å²) in [6.45, 7) is 6.58. The molecule has 162 valence electrons. The van der Waals surface area contributed by atoms with Gasteiger partial charge in [-0.3, -0.25) is 14.4 Å². The van der Waals surface area contributed by atoms with Crippen molar-refractivity contribution in [2.75, 3.05) is 7.11 Å². The van der Waals surface area contributed by atoms with Gasteiger partial charge in [0.25, 0.3) is 0 Å². The van der Waals surface area contributed by atoms with Crippen molar-refractivity contribution in [3.05, 3.63) is 0 Å². The summed E-state index contributed by atoms with van der Waals surface area (Å²) in [5, 5.41) is 0. The van der Waals surface area contributed by atoms with Crippen LogP contribution in [0.2, 0.25) is 0 Å². The highest BCUT2D eigenvalue weighted by molar-refractivity contribution is 5.80. The molecule has 4 heteroatoms. The Morgan fingerprint density at radius 1 is 1.03 bits per heavy atom. The van der Waals surface area contributed by atoms with E-state index >= 15 is 0 Å². The van der Waals surface area contributed by atoms with Crippen LogP contribution in [0.4, 0.5) is 0 Å². The Balaban J connectivity index is 1.72. The van der Waals surface area contributed by atoms with Crippen LogP contribution in [0, 0.1) is 39.9 Å². The van der Waals surface area contributed by atoms with E-state index in [2.05, 4.69) is 13.8 Å². The number of hydrogen-bond acceptors (Lipinski definition) is 4. The van der Waals surface area contributed by atoms with Crippen molar-refractivity contribution < 1.29 is 19.1 Å². The number of esters is 1. The van der Waals surface area contributed by atoms with Gasteiger partial charge in [0.1, 0.15) is 11.6 Å². The molecule has 0 saturated heterocycles. The van der Waals surface area contributed by atoms with Gasteiger partial charge in [0.15, 0.2) is 0 Å². The maximum Gasteiger partial charge on any atom is 0.305 e. The minimum absolute atomic E-state index is 0.0122. The molecule has 0 amide bonds. The van der Waals surface area contributed by atoms with Gasteiger partial charge in [-0.2, -0.15) is 0 Å². The average Bonchev–Trinajstić information content (AvgIpc) is 3.00. The zero-order chi connectivity index (χ0) is 21.0. The molecule has 0 radical (unpaired) electrons. The van der Waals surface area contributed by atoms with Crippen LogP contribution in [0.15, 0.2) is 0 Å². The van der Waals surface area contributed by atoms with Gasteiger partial charge in [-0.1, -0.05) is 13.8 Å². The molecule has 0 N–H and O–H groups in total. The zero-order valence-electron chi connectivity index (χ0n) is 18.7. The molecule has 4 aliphatic rings. The number of carbonyl (C=O) groups excluding carboxylic acids is 3. The lowest BCUT2D eigenvalue weighted by Gasteiger charge is -2.65. The number of Topliss-reactive ketones (excluding diaryl/α,β-unsaturated/α-hetero) is 2. The molecule has 0 aromatic heterocycles. The van der Waals surface area contributed by atoms with Crippen molar-refractivity contribution in [1.29, 1.82) is 0 Å². The normalized spacial score (nSPS) is 46.4. The summed E-state index contributed by atoms with van der Waals surface area (Å²) in [5.74, 6) is 2.48. The molecular formula is C25H38O4. The highest BCUT2D eigenvalue weighted by Crippen LogP contribution is 2.74. The molecule has 4 rings (SSSR count). The number of hydrogen-bond donors (Lipinski definition) is 0. The largest absolute Gasteiger partial charge is 0.469 e. The molecule has 4 nitrogen and oxygen atoms in total. The lowest BCUT2D eigenvalue weighted by molar-refractivity contribution is -0.172. The van der Waals surface area contributed by atoms with Crippen LogP contribution in [-0.4, -0.2) is 24.6 Å². The number of fused-ring (bicyclic) bond motifs is 5. The molecular weight excluding hydrogens is 364 g/mol. The van der Waals surface area contributed by atoms with Crippen molar-refractivity contribution in [2.45, 2.75) is 91.4 Å². The molecule has 4 saturated carbocycles. The minimum atomic E-state index is -0.127. The number of rotatable bonds is 4. The number of ketones is 2. The highest BCUT2D eigenvalue weighted by atomic mass is 16.5. The highest BCUT2D eigenvalue weighted by Gasteiger charge is 2.67. The fraction of sp³-hybridized carbons (Fsp3) is 0.880. The van der Waals surface area contributed by atoms with Gasteiger partial charge in [-0.25, -0.2) is 0 Å². The summed E-state index contributed by atoms with van der Waals surface area (Å²) < 4.78 is 5.00. The maximum absolute atomic E-state index is 12.6. The summed E-state index contributed by atoms with van der Waals surface area (Å²) in [4.78, 5) is 36.9. The Bertz CT molecular complexity index is 714. The molecule has 0 unspecified atom stereocenters. The van der Waals surface area contributed by atoms with Gasteiger partial charge in [0, 0.05) is 25.2 Å². The number of carbonyl (C=O) groups is 3. The van der Waals surface area contributed by atoms with Crippen LogP contribution in [0.5, 0.6) is 0 Å². The first kappa shape index (κ1) is 21.1. The van der Waals surface area contributed by atoms with E-state index in [0.29, 0.717) is 35.7 Å². The Hall–Kier alpha value is -1.19.